The summed E-state index contributed by atoms with van der Waals surface area (Å²) >= 11 is 3.51. The van der Waals surface area contributed by atoms with Gasteiger partial charge in [-0.05, 0) is 76.1 Å². The molecule has 0 saturated carbocycles. The third-order valence-electron chi connectivity index (χ3n) is 3.51. The van der Waals surface area contributed by atoms with Crippen molar-refractivity contribution >= 4 is 15.9 Å². The highest BCUT2D eigenvalue weighted by molar-refractivity contribution is 9.10. The van der Waals surface area contributed by atoms with E-state index in [1.807, 2.05) is 0 Å². The molecule has 1 saturated heterocycles. The quantitative estimate of drug-likeness (QED) is 0.779. The zero-order chi connectivity index (χ0) is 12.6. The Morgan fingerprint density at radius 2 is 2.00 bits per heavy atom. The van der Waals surface area contributed by atoms with E-state index in [2.05, 4.69) is 50.4 Å². The summed E-state index contributed by atoms with van der Waals surface area (Å²) in [6, 6.07) is 8.57. The maximum Gasteiger partial charge on any atom is 0.0178 e. The minimum atomic E-state index is 1.08. The Labute approximate surface area is 119 Å². The lowest BCUT2D eigenvalue weighted by Crippen LogP contribution is -2.25. The first kappa shape index (κ1) is 14.0. The maximum atomic E-state index is 3.54. The third kappa shape index (κ3) is 5.09. The van der Waals surface area contributed by atoms with E-state index < -0.39 is 0 Å². The fourth-order valence-corrected chi connectivity index (χ4v) is 2.93. The molecule has 1 fully saturated rings. The molecule has 0 spiro atoms. The lowest BCUT2D eigenvalue weighted by molar-refractivity contribution is 0.331. The minimum Gasteiger partial charge on any atom is -0.316 e. The Kier molecular flexibility index (Phi) is 6.18. The fraction of sp³-hybridized carbons (Fsp3) is 0.600. The lowest BCUT2D eigenvalue weighted by atomic mass is 10.1. The van der Waals surface area contributed by atoms with Crippen LogP contribution < -0.4 is 5.32 Å². The van der Waals surface area contributed by atoms with Gasteiger partial charge < -0.3 is 10.2 Å². The first-order valence-electron chi connectivity index (χ1n) is 7.02. The smallest absolute Gasteiger partial charge is 0.0178 e. The van der Waals surface area contributed by atoms with Crippen LogP contribution in [0.2, 0.25) is 0 Å². The van der Waals surface area contributed by atoms with Crippen molar-refractivity contribution in [1.82, 2.24) is 10.2 Å². The molecule has 2 nitrogen and oxygen atoms in total. The van der Waals surface area contributed by atoms with Crippen molar-refractivity contribution in [3.63, 3.8) is 0 Å². The fourth-order valence-electron chi connectivity index (χ4n) is 2.48. The van der Waals surface area contributed by atoms with Crippen LogP contribution in [0.4, 0.5) is 0 Å². The van der Waals surface area contributed by atoms with Crippen LogP contribution in [0.1, 0.15) is 24.8 Å². The van der Waals surface area contributed by atoms with Crippen molar-refractivity contribution in [2.45, 2.75) is 25.7 Å². The Bertz CT molecular complexity index is 348. The van der Waals surface area contributed by atoms with E-state index in [1.54, 1.807) is 0 Å². The van der Waals surface area contributed by atoms with Crippen molar-refractivity contribution in [3.05, 3.63) is 34.3 Å². The van der Waals surface area contributed by atoms with Gasteiger partial charge in [0.1, 0.15) is 0 Å². The highest BCUT2D eigenvalue weighted by Crippen LogP contribution is 2.11. The van der Waals surface area contributed by atoms with Crippen molar-refractivity contribution in [2.24, 2.45) is 0 Å². The van der Waals surface area contributed by atoms with Gasteiger partial charge in [-0.3, -0.25) is 0 Å². The van der Waals surface area contributed by atoms with Gasteiger partial charge in [0.25, 0.3) is 0 Å². The van der Waals surface area contributed by atoms with Crippen LogP contribution in [-0.4, -0.2) is 37.6 Å². The Morgan fingerprint density at radius 3 is 2.78 bits per heavy atom. The summed E-state index contributed by atoms with van der Waals surface area (Å²) in [7, 11) is 0. The van der Waals surface area contributed by atoms with Crippen LogP contribution in [0.5, 0.6) is 0 Å². The monoisotopic (exact) mass is 310 g/mol. The molecule has 1 aliphatic heterocycles. The van der Waals surface area contributed by atoms with E-state index >= 15 is 0 Å². The van der Waals surface area contributed by atoms with Gasteiger partial charge >= 0.3 is 0 Å². The third-order valence-corrected chi connectivity index (χ3v) is 4.00. The number of hydrogen-bond donors (Lipinski definition) is 1. The van der Waals surface area contributed by atoms with Crippen LogP contribution in [-0.2, 0) is 6.42 Å². The second-order valence-corrected chi connectivity index (χ2v) is 5.95. The molecule has 0 bridgehead atoms. The van der Waals surface area contributed by atoms with E-state index in [0.29, 0.717) is 0 Å². The molecular weight excluding hydrogens is 288 g/mol. The summed E-state index contributed by atoms with van der Waals surface area (Å²) < 4.78 is 1.18. The lowest BCUT2D eigenvalue weighted by Gasteiger charge is -2.14. The molecule has 2 rings (SSSR count). The molecule has 0 unspecified atom stereocenters. The van der Waals surface area contributed by atoms with Gasteiger partial charge in [-0.2, -0.15) is 0 Å². The largest absolute Gasteiger partial charge is 0.316 e. The highest BCUT2D eigenvalue weighted by atomic mass is 79.9. The SMILES string of the molecule is Brc1cccc(CCNCCCN2CCCC2)c1. The molecular formula is C15H23BrN2. The van der Waals surface area contributed by atoms with Crippen LogP contribution in [0.15, 0.2) is 28.7 Å². The van der Waals surface area contributed by atoms with E-state index in [0.717, 1.165) is 19.5 Å². The van der Waals surface area contributed by atoms with Gasteiger partial charge in [0.2, 0.25) is 0 Å². The molecule has 1 aromatic rings. The van der Waals surface area contributed by atoms with Crippen LogP contribution >= 0.6 is 15.9 Å². The van der Waals surface area contributed by atoms with E-state index in [4.69, 9.17) is 0 Å². The van der Waals surface area contributed by atoms with E-state index in [9.17, 15) is 0 Å². The normalized spacial score (nSPS) is 16.3. The average molecular weight is 311 g/mol. The second kappa shape index (κ2) is 7.93. The molecule has 18 heavy (non-hydrogen) atoms. The molecule has 0 atom stereocenters. The van der Waals surface area contributed by atoms with Crippen LogP contribution in [0, 0.1) is 0 Å². The Morgan fingerprint density at radius 1 is 1.17 bits per heavy atom. The summed E-state index contributed by atoms with van der Waals surface area (Å²) in [5, 5.41) is 3.54. The van der Waals surface area contributed by atoms with E-state index in [1.165, 1.54) is 48.9 Å². The first-order chi connectivity index (χ1) is 8.84. The summed E-state index contributed by atoms with van der Waals surface area (Å²) in [5.74, 6) is 0. The molecule has 100 valence electrons. The maximum absolute atomic E-state index is 3.54. The van der Waals surface area contributed by atoms with Gasteiger partial charge in [0, 0.05) is 4.47 Å². The van der Waals surface area contributed by atoms with Gasteiger partial charge in [-0.25, -0.2) is 0 Å². The first-order valence-corrected chi connectivity index (χ1v) is 7.81. The molecule has 0 amide bonds. The second-order valence-electron chi connectivity index (χ2n) is 5.03. The zero-order valence-electron chi connectivity index (χ0n) is 11.0. The number of likely N-dealkylation sites (tertiary alicyclic amines) is 1. The highest BCUT2D eigenvalue weighted by Gasteiger charge is 2.09. The number of halogens is 1. The van der Waals surface area contributed by atoms with Crippen molar-refractivity contribution in [3.8, 4) is 0 Å². The minimum absolute atomic E-state index is 1.08. The molecule has 1 heterocycles. The molecule has 0 aliphatic carbocycles. The zero-order valence-corrected chi connectivity index (χ0v) is 12.6. The molecule has 0 radical (unpaired) electrons. The number of hydrogen-bond acceptors (Lipinski definition) is 2. The average Bonchev–Trinajstić information content (AvgIpc) is 2.87. The van der Waals surface area contributed by atoms with Gasteiger partial charge in [0.05, 0.1) is 0 Å². The number of nitrogens with zero attached hydrogens (tertiary/aromatic N) is 1. The molecule has 0 aromatic heterocycles. The van der Waals surface area contributed by atoms with Crippen molar-refractivity contribution in [1.29, 1.82) is 0 Å². The summed E-state index contributed by atoms with van der Waals surface area (Å²) in [5.41, 5.74) is 1.40. The predicted molar refractivity (Wildman–Crippen MR) is 81.0 cm³/mol. The van der Waals surface area contributed by atoms with Crippen molar-refractivity contribution < 1.29 is 0 Å². The molecule has 1 N–H and O–H groups in total. The number of benzene rings is 1. The molecule has 1 aromatic carbocycles. The summed E-state index contributed by atoms with van der Waals surface area (Å²) in [4.78, 5) is 2.58. The van der Waals surface area contributed by atoms with E-state index in [-0.39, 0.29) is 0 Å². The topological polar surface area (TPSA) is 15.3 Å². The Balaban J connectivity index is 1.50. The predicted octanol–water partition coefficient (Wildman–Crippen LogP) is 3.07. The van der Waals surface area contributed by atoms with Crippen molar-refractivity contribution in [2.75, 3.05) is 32.7 Å². The standard InChI is InChI=1S/C15H23BrN2/c16-15-6-3-5-14(13-15)7-9-17-8-4-12-18-10-1-2-11-18/h3,5-6,13,17H,1-2,4,7-12H2. The van der Waals surface area contributed by atoms with Gasteiger partial charge in [-0.1, -0.05) is 28.1 Å². The molecule has 3 heteroatoms. The number of rotatable bonds is 7. The van der Waals surface area contributed by atoms with Crippen LogP contribution in [0.3, 0.4) is 0 Å². The van der Waals surface area contributed by atoms with Gasteiger partial charge in [0.15, 0.2) is 0 Å². The van der Waals surface area contributed by atoms with Gasteiger partial charge in [-0.15, -0.1) is 0 Å². The summed E-state index contributed by atoms with van der Waals surface area (Å²) in [6.45, 7) is 6.13. The Hall–Kier alpha value is -0.380. The number of nitrogens with one attached hydrogen (secondary N) is 1. The molecule has 1 aliphatic rings. The van der Waals surface area contributed by atoms with Crippen LogP contribution in [0.25, 0.3) is 0 Å². The summed E-state index contributed by atoms with van der Waals surface area (Å²) in [6.07, 6.45) is 5.19.